The van der Waals surface area contributed by atoms with Crippen LogP contribution < -0.4 is 0 Å². The number of allylic oxidation sites excluding steroid dienone is 4. The van der Waals surface area contributed by atoms with Crippen LogP contribution in [0.4, 0.5) is 0 Å². The molecule has 0 amide bonds. The lowest BCUT2D eigenvalue weighted by Gasteiger charge is -2.04. The largest absolute Gasteiger partial charge is 0.476 e. The van der Waals surface area contributed by atoms with Crippen LogP contribution in [0.25, 0.3) is 0 Å². The second kappa shape index (κ2) is 3.19. The molecule has 2 nitrogen and oxygen atoms in total. The lowest BCUT2D eigenvalue weighted by Crippen LogP contribution is -1.96. The van der Waals surface area contributed by atoms with Crippen LogP contribution in [0.3, 0.4) is 0 Å². The maximum absolute atomic E-state index is 5.31. The van der Waals surface area contributed by atoms with E-state index in [4.69, 9.17) is 4.74 Å². The molecule has 0 N–H and O–H groups in total. The molecule has 0 saturated heterocycles. The topological polar surface area (TPSA) is 21.6 Å². The second-order valence-corrected chi connectivity index (χ2v) is 3.86. The van der Waals surface area contributed by atoms with Gasteiger partial charge in [0.1, 0.15) is 6.61 Å². The predicted molar refractivity (Wildman–Crippen MR) is 48.6 cm³/mol. The van der Waals surface area contributed by atoms with Crippen molar-refractivity contribution < 1.29 is 4.74 Å². The molecule has 1 unspecified atom stereocenters. The Morgan fingerprint density at radius 3 is 2.91 bits per heavy atom. The molecule has 0 radical (unpaired) electrons. The first kappa shape index (κ1) is 7.05. The number of hydrogen-bond donors (Lipinski definition) is 0. The van der Waals surface area contributed by atoms with Gasteiger partial charge in [-0.25, -0.2) is 4.99 Å². The summed E-state index contributed by atoms with van der Waals surface area (Å²) in [4.78, 5) is 4.24. The van der Waals surface area contributed by atoms with Gasteiger partial charge < -0.3 is 4.74 Å². The molecule has 58 valence electrons. The smallest absolute Gasteiger partial charge is 0.203 e. The van der Waals surface area contributed by atoms with E-state index in [1.54, 1.807) is 0 Å². The summed E-state index contributed by atoms with van der Waals surface area (Å²) in [6, 6.07) is 0. The third-order valence-electron chi connectivity index (χ3n) is 1.62. The van der Waals surface area contributed by atoms with E-state index in [9.17, 15) is 0 Å². The molecule has 0 fully saturated rings. The molecule has 3 heteroatoms. The number of ether oxygens (including phenoxy) is 1. The monoisotopic (exact) mass is 167 g/mol. The summed E-state index contributed by atoms with van der Waals surface area (Å²) >= 11 is 0. The molecule has 1 heterocycles. The maximum atomic E-state index is 5.31. The van der Waals surface area contributed by atoms with Gasteiger partial charge in [0.25, 0.3) is 0 Å². The van der Waals surface area contributed by atoms with Crippen LogP contribution in [0.5, 0.6) is 0 Å². The SMILES string of the molecule is C1=CC(PC2=NCCO2)C=C1. The molecule has 2 aliphatic rings. The molecule has 1 aliphatic heterocycles. The van der Waals surface area contributed by atoms with E-state index in [1.165, 1.54) is 0 Å². The molecule has 1 aliphatic carbocycles. The van der Waals surface area contributed by atoms with Crippen LogP contribution in [-0.2, 0) is 4.74 Å². The van der Waals surface area contributed by atoms with Gasteiger partial charge in [-0.2, -0.15) is 0 Å². The molecule has 0 bridgehead atoms. The molecule has 0 saturated carbocycles. The zero-order valence-electron chi connectivity index (χ0n) is 6.16. The number of aliphatic imine (C=N–C) groups is 1. The maximum Gasteiger partial charge on any atom is 0.203 e. The van der Waals surface area contributed by atoms with E-state index >= 15 is 0 Å². The molecule has 0 aromatic rings. The lowest BCUT2D eigenvalue weighted by atomic mass is 10.5. The fourth-order valence-corrected chi connectivity index (χ4v) is 2.18. The van der Waals surface area contributed by atoms with Gasteiger partial charge >= 0.3 is 0 Å². The lowest BCUT2D eigenvalue weighted by molar-refractivity contribution is 0.356. The van der Waals surface area contributed by atoms with E-state index in [-0.39, 0.29) is 0 Å². The summed E-state index contributed by atoms with van der Waals surface area (Å²) in [6.07, 6.45) is 8.52. The van der Waals surface area contributed by atoms with Gasteiger partial charge in [-0.1, -0.05) is 24.3 Å². The Hall–Kier alpha value is -0.620. The van der Waals surface area contributed by atoms with Crippen LogP contribution in [-0.4, -0.2) is 24.4 Å². The van der Waals surface area contributed by atoms with E-state index in [0.29, 0.717) is 14.2 Å². The van der Waals surface area contributed by atoms with Crippen LogP contribution >= 0.6 is 8.58 Å². The minimum atomic E-state index is 0.548. The Kier molecular flexibility index (Phi) is 2.04. The minimum absolute atomic E-state index is 0.548. The van der Waals surface area contributed by atoms with Crippen molar-refractivity contribution in [2.75, 3.05) is 13.2 Å². The van der Waals surface area contributed by atoms with Gasteiger partial charge in [0.15, 0.2) is 0 Å². The first-order chi connectivity index (χ1) is 5.45. The third kappa shape index (κ3) is 1.69. The average Bonchev–Trinajstić information content (AvgIpc) is 2.60. The van der Waals surface area contributed by atoms with Crippen molar-refractivity contribution in [1.82, 2.24) is 0 Å². The van der Waals surface area contributed by atoms with Gasteiger partial charge in [0.2, 0.25) is 5.64 Å². The highest BCUT2D eigenvalue weighted by molar-refractivity contribution is 7.58. The number of rotatable bonds is 2. The zero-order valence-corrected chi connectivity index (χ0v) is 7.16. The minimum Gasteiger partial charge on any atom is -0.476 e. The van der Waals surface area contributed by atoms with Crippen molar-refractivity contribution in [3.8, 4) is 0 Å². The first-order valence-corrected chi connectivity index (χ1v) is 4.82. The van der Waals surface area contributed by atoms with Gasteiger partial charge in [-0.3, -0.25) is 0 Å². The molecule has 1 atom stereocenters. The quantitative estimate of drug-likeness (QED) is 0.572. The fraction of sp³-hybridized carbons (Fsp3) is 0.375. The Bertz CT molecular complexity index is 220. The van der Waals surface area contributed by atoms with Crippen molar-refractivity contribution in [3.63, 3.8) is 0 Å². The van der Waals surface area contributed by atoms with Crippen molar-refractivity contribution in [2.45, 2.75) is 5.66 Å². The normalized spacial score (nSPS) is 23.5. The van der Waals surface area contributed by atoms with Crippen LogP contribution in [0.2, 0.25) is 0 Å². The average molecular weight is 167 g/mol. The first-order valence-electron chi connectivity index (χ1n) is 3.74. The molecule has 0 aromatic carbocycles. The van der Waals surface area contributed by atoms with Gasteiger partial charge in [-0.15, -0.1) is 0 Å². The molecule has 0 aromatic heterocycles. The van der Waals surface area contributed by atoms with Crippen molar-refractivity contribution >= 4 is 14.2 Å². The zero-order chi connectivity index (χ0) is 7.52. The van der Waals surface area contributed by atoms with Crippen molar-refractivity contribution in [3.05, 3.63) is 24.3 Å². The highest BCUT2D eigenvalue weighted by atomic mass is 31.1. The summed E-state index contributed by atoms with van der Waals surface area (Å²) in [5, 5.41) is 0. The van der Waals surface area contributed by atoms with E-state index < -0.39 is 0 Å². The Labute approximate surface area is 67.8 Å². The van der Waals surface area contributed by atoms with Crippen molar-refractivity contribution in [2.24, 2.45) is 4.99 Å². The molecule has 0 spiro atoms. The van der Waals surface area contributed by atoms with E-state index in [0.717, 1.165) is 18.8 Å². The highest BCUT2D eigenvalue weighted by Gasteiger charge is 2.12. The van der Waals surface area contributed by atoms with E-state index in [1.807, 2.05) is 0 Å². The molecule has 2 rings (SSSR count). The molecular formula is C8H10NOP. The summed E-state index contributed by atoms with van der Waals surface area (Å²) in [5.41, 5.74) is 1.50. The third-order valence-corrected chi connectivity index (χ3v) is 2.89. The Morgan fingerprint density at radius 2 is 2.27 bits per heavy atom. The molecular weight excluding hydrogens is 157 g/mol. The summed E-state index contributed by atoms with van der Waals surface area (Å²) in [6.45, 7) is 1.63. The predicted octanol–water partition coefficient (Wildman–Crippen LogP) is 1.55. The summed E-state index contributed by atoms with van der Waals surface area (Å²) < 4.78 is 5.31. The van der Waals surface area contributed by atoms with Crippen LogP contribution in [0.15, 0.2) is 29.3 Å². The summed E-state index contributed by atoms with van der Waals surface area (Å²) in [7, 11) is 0.694. The Balaban J connectivity index is 1.89. The standard InChI is InChI=1S/C8H10NOP/c1-2-4-7(3-1)11-8-9-5-6-10-8/h1-4,7,11H,5-6H2. The number of nitrogens with zero attached hydrogens (tertiary/aromatic N) is 1. The van der Waals surface area contributed by atoms with Gasteiger partial charge in [-0.05, 0) is 8.58 Å². The molecule has 11 heavy (non-hydrogen) atoms. The van der Waals surface area contributed by atoms with Gasteiger partial charge in [0, 0.05) is 5.66 Å². The second-order valence-electron chi connectivity index (χ2n) is 2.48. The van der Waals surface area contributed by atoms with Crippen molar-refractivity contribution in [1.29, 1.82) is 0 Å². The number of hydrogen-bond acceptors (Lipinski definition) is 2. The van der Waals surface area contributed by atoms with Crippen LogP contribution in [0.1, 0.15) is 0 Å². The summed E-state index contributed by atoms with van der Waals surface area (Å²) in [5.74, 6) is 0. The van der Waals surface area contributed by atoms with Gasteiger partial charge in [0.05, 0.1) is 6.54 Å². The Morgan fingerprint density at radius 1 is 1.45 bits per heavy atom. The highest BCUT2D eigenvalue weighted by Crippen LogP contribution is 2.28. The fourth-order valence-electron chi connectivity index (χ4n) is 1.09. The van der Waals surface area contributed by atoms with E-state index in [2.05, 4.69) is 29.3 Å². The van der Waals surface area contributed by atoms with Crippen LogP contribution in [0, 0.1) is 0 Å².